The first-order chi connectivity index (χ1) is 11.4. The summed E-state index contributed by atoms with van der Waals surface area (Å²) in [6.45, 7) is 0.962. The van der Waals surface area contributed by atoms with E-state index in [1.807, 2.05) is 17.0 Å². The Bertz CT molecular complexity index is 708. The standard InChI is InChI=1S/C17H23N3O3S/c1-24(22,23)19-13-16-4-2-3-11-20(16)17(21)10-9-14-5-7-15(12-18)8-6-14/h5-8,16,19H,2-4,9-11,13H2,1H3/t16-/m0/s1. The van der Waals surface area contributed by atoms with Crippen molar-refractivity contribution in [2.24, 2.45) is 0 Å². The van der Waals surface area contributed by atoms with Crippen LogP contribution in [0.5, 0.6) is 0 Å². The number of aryl methyl sites for hydroxylation is 1. The fourth-order valence-electron chi connectivity index (χ4n) is 2.93. The van der Waals surface area contributed by atoms with Crippen LogP contribution in [0.4, 0.5) is 0 Å². The van der Waals surface area contributed by atoms with Gasteiger partial charge in [0.25, 0.3) is 0 Å². The van der Waals surface area contributed by atoms with Crippen LogP contribution in [0.15, 0.2) is 24.3 Å². The van der Waals surface area contributed by atoms with Gasteiger partial charge in [0.05, 0.1) is 17.9 Å². The van der Waals surface area contributed by atoms with Crippen LogP contribution in [-0.2, 0) is 21.2 Å². The molecule has 6 nitrogen and oxygen atoms in total. The summed E-state index contributed by atoms with van der Waals surface area (Å²) in [7, 11) is -3.25. The number of sulfonamides is 1. The number of hydrogen-bond donors (Lipinski definition) is 1. The van der Waals surface area contributed by atoms with Crippen LogP contribution >= 0.6 is 0 Å². The summed E-state index contributed by atoms with van der Waals surface area (Å²) in [6.07, 6.45) is 4.93. The normalized spacial score (nSPS) is 18.2. The number of piperidine rings is 1. The highest BCUT2D eigenvalue weighted by molar-refractivity contribution is 7.88. The van der Waals surface area contributed by atoms with Crippen molar-refractivity contribution in [3.8, 4) is 6.07 Å². The van der Waals surface area contributed by atoms with Gasteiger partial charge in [-0.25, -0.2) is 13.1 Å². The molecule has 2 rings (SSSR count). The fourth-order valence-corrected chi connectivity index (χ4v) is 3.42. The number of rotatable bonds is 6. The molecule has 1 aromatic rings. The molecule has 1 N–H and O–H groups in total. The fraction of sp³-hybridized carbons (Fsp3) is 0.529. The van der Waals surface area contributed by atoms with E-state index in [2.05, 4.69) is 10.8 Å². The minimum Gasteiger partial charge on any atom is -0.338 e. The van der Waals surface area contributed by atoms with Gasteiger partial charge in [0.2, 0.25) is 15.9 Å². The van der Waals surface area contributed by atoms with E-state index < -0.39 is 10.0 Å². The molecule has 0 spiro atoms. The van der Waals surface area contributed by atoms with Crippen molar-refractivity contribution < 1.29 is 13.2 Å². The Kier molecular flexibility index (Phi) is 6.35. The van der Waals surface area contributed by atoms with Crippen molar-refractivity contribution in [1.82, 2.24) is 9.62 Å². The Labute approximate surface area is 143 Å². The minimum absolute atomic E-state index is 0.0550. The number of carbonyl (C=O) groups is 1. The van der Waals surface area contributed by atoms with Gasteiger partial charge in [0.15, 0.2) is 0 Å². The third kappa shape index (κ3) is 5.62. The summed E-state index contributed by atoms with van der Waals surface area (Å²) >= 11 is 0. The van der Waals surface area contributed by atoms with Gasteiger partial charge in [0, 0.05) is 25.6 Å². The maximum absolute atomic E-state index is 12.5. The largest absolute Gasteiger partial charge is 0.338 e. The van der Waals surface area contributed by atoms with Crippen molar-refractivity contribution in [2.75, 3.05) is 19.3 Å². The van der Waals surface area contributed by atoms with Gasteiger partial charge in [-0.3, -0.25) is 4.79 Å². The second-order valence-electron chi connectivity index (χ2n) is 6.17. The molecule has 1 atom stereocenters. The summed E-state index contributed by atoms with van der Waals surface area (Å²) in [6, 6.07) is 9.23. The number of amides is 1. The van der Waals surface area contributed by atoms with E-state index in [1.165, 1.54) is 0 Å². The lowest BCUT2D eigenvalue weighted by Gasteiger charge is -2.36. The zero-order chi connectivity index (χ0) is 17.6. The van der Waals surface area contributed by atoms with Gasteiger partial charge in [-0.2, -0.15) is 5.26 Å². The van der Waals surface area contributed by atoms with E-state index in [0.29, 0.717) is 24.9 Å². The molecule has 1 amide bonds. The van der Waals surface area contributed by atoms with Gasteiger partial charge in [-0.1, -0.05) is 12.1 Å². The highest BCUT2D eigenvalue weighted by atomic mass is 32.2. The molecule has 0 aromatic heterocycles. The van der Waals surface area contributed by atoms with Crippen molar-refractivity contribution in [3.63, 3.8) is 0 Å². The van der Waals surface area contributed by atoms with E-state index in [4.69, 9.17) is 5.26 Å². The highest BCUT2D eigenvalue weighted by Gasteiger charge is 2.26. The van der Waals surface area contributed by atoms with Crippen LogP contribution in [-0.4, -0.2) is 44.6 Å². The molecule has 7 heteroatoms. The topological polar surface area (TPSA) is 90.3 Å². The number of benzene rings is 1. The smallest absolute Gasteiger partial charge is 0.223 e. The van der Waals surface area contributed by atoms with Gasteiger partial charge in [-0.05, 0) is 43.4 Å². The molecule has 1 fully saturated rings. The van der Waals surface area contributed by atoms with Crippen LogP contribution in [0.25, 0.3) is 0 Å². The van der Waals surface area contributed by atoms with E-state index in [9.17, 15) is 13.2 Å². The number of hydrogen-bond acceptors (Lipinski definition) is 4. The van der Waals surface area contributed by atoms with Crippen LogP contribution in [0, 0.1) is 11.3 Å². The second kappa shape index (κ2) is 8.27. The monoisotopic (exact) mass is 349 g/mol. The maximum Gasteiger partial charge on any atom is 0.223 e. The molecule has 130 valence electrons. The van der Waals surface area contributed by atoms with Gasteiger partial charge < -0.3 is 4.90 Å². The molecule has 0 radical (unpaired) electrons. The maximum atomic E-state index is 12.5. The molecule has 1 saturated heterocycles. The lowest BCUT2D eigenvalue weighted by atomic mass is 10.0. The third-order valence-corrected chi connectivity index (χ3v) is 4.93. The number of nitriles is 1. The first kappa shape index (κ1) is 18.4. The number of nitrogens with one attached hydrogen (secondary N) is 1. The molecule has 1 aliphatic heterocycles. The minimum atomic E-state index is -3.25. The highest BCUT2D eigenvalue weighted by Crippen LogP contribution is 2.18. The van der Waals surface area contributed by atoms with E-state index in [0.717, 1.165) is 31.1 Å². The average Bonchev–Trinajstić information content (AvgIpc) is 2.58. The van der Waals surface area contributed by atoms with Crippen LogP contribution in [0.2, 0.25) is 0 Å². The summed E-state index contributed by atoms with van der Waals surface area (Å²) in [5.41, 5.74) is 1.62. The lowest BCUT2D eigenvalue weighted by Crippen LogP contribution is -2.49. The Morgan fingerprint density at radius 3 is 2.67 bits per heavy atom. The molecular formula is C17H23N3O3S. The molecule has 1 aromatic carbocycles. The Morgan fingerprint density at radius 1 is 1.33 bits per heavy atom. The Morgan fingerprint density at radius 2 is 2.04 bits per heavy atom. The molecule has 1 aliphatic rings. The summed E-state index contributed by atoms with van der Waals surface area (Å²) in [5, 5.41) is 8.79. The van der Waals surface area contributed by atoms with Crippen molar-refractivity contribution in [3.05, 3.63) is 35.4 Å². The summed E-state index contributed by atoms with van der Waals surface area (Å²) < 4.78 is 25.1. The number of nitrogens with zero attached hydrogens (tertiary/aromatic N) is 2. The quantitative estimate of drug-likeness (QED) is 0.841. The molecule has 24 heavy (non-hydrogen) atoms. The molecule has 0 unspecified atom stereocenters. The van der Waals surface area contributed by atoms with Crippen LogP contribution in [0.1, 0.15) is 36.8 Å². The van der Waals surface area contributed by atoms with Crippen LogP contribution < -0.4 is 4.72 Å². The van der Waals surface area contributed by atoms with Crippen molar-refractivity contribution in [1.29, 1.82) is 5.26 Å². The van der Waals surface area contributed by atoms with E-state index >= 15 is 0 Å². The van der Waals surface area contributed by atoms with Crippen LogP contribution in [0.3, 0.4) is 0 Å². The Hall–Kier alpha value is -1.91. The van der Waals surface area contributed by atoms with Gasteiger partial charge in [-0.15, -0.1) is 0 Å². The second-order valence-corrected chi connectivity index (χ2v) is 8.00. The number of carbonyl (C=O) groups excluding carboxylic acids is 1. The SMILES string of the molecule is CS(=O)(=O)NC[C@@H]1CCCCN1C(=O)CCc1ccc(C#N)cc1. The van der Waals surface area contributed by atoms with E-state index in [-0.39, 0.29) is 18.5 Å². The molecule has 0 saturated carbocycles. The predicted octanol–water partition coefficient (Wildman–Crippen LogP) is 1.42. The first-order valence-electron chi connectivity index (χ1n) is 8.12. The predicted molar refractivity (Wildman–Crippen MR) is 91.7 cm³/mol. The van der Waals surface area contributed by atoms with Gasteiger partial charge >= 0.3 is 0 Å². The zero-order valence-corrected chi connectivity index (χ0v) is 14.7. The van der Waals surface area contributed by atoms with Gasteiger partial charge in [0.1, 0.15) is 0 Å². The first-order valence-corrected chi connectivity index (χ1v) is 10.0. The summed E-state index contributed by atoms with van der Waals surface area (Å²) in [5.74, 6) is 0.0550. The zero-order valence-electron chi connectivity index (χ0n) is 13.9. The molecular weight excluding hydrogens is 326 g/mol. The summed E-state index contributed by atoms with van der Waals surface area (Å²) in [4.78, 5) is 14.3. The van der Waals surface area contributed by atoms with E-state index in [1.54, 1.807) is 12.1 Å². The molecule has 1 heterocycles. The van der Waals surface area contributed by atoms with Crippen molar-refractivity contribution in [2.45, 2.75) is 38.1 Å². The molecule has 0 aliphatic carbocycles. The third-order valence-electron chi connectivity index (χ3n) is 4.24. The molecule has 0 bridgehead atoms. The number of likely N-dealkylation sites (tertiary alicyclic amines) is 1. The van der Waals surface area contributed by atoms with Crippen molar-refractivity contribution >= 4 is 15.9 Å². The Balaban J connectivity index is 1.91. The average molecular weight is 349 g/mol. The lowest BCUT2D eigenvalue weighted by molar-refractivity contribution is -0.134.